The van der Waals surface area contributed by atoms with Crippen molar-refractivity contribution in [2.45, 2.75) is 25.0 Å². The van der Waals surface area contributed by atoms with Crippen molar-refractivity contribution in [1.82, 2.24) is 15.1 Å². The van der Waals surface area contributed by atoms with Crippen molar-refractivity contribution in [2.75, 3.05) is 26.2 Å². The predicted octanol–water partition coefficient (Wildman–Crippen LogP) is 3.08. The number of hydrogen-bond donors (Lipinski definition) is 3. The fraction of sp³-hybridized carbons (Fsp3) is 0.348. The van der Waals surface area contributed by atoms with Gasteiger partial charge in [0.15, 0.2) is 0 Å². The van der Waals surface area contributed by atoms with Gasteiger partial charge in [-0.3, -0.25) is 5.10 Å². The lowest BCUT2D eigenvalue weighted by molar-refractivity contribution is 0.0337. The highest BCUT2D eigenvalue weighted by molar-refractivity contribution is 5.69. The number of ether oxygens (including phenoxy) is 1. The number of piperidine rings is 1. The quantitative estimate of drug-likeness (QED) is 0.557. The monoisotopic (exact) mass is 411 g/mol. The van der Waals surface area contributed by atoms with E-state index in [0.717, 1.165) is 42.8 Å². The maximum atomic E-state index is 14.2. The molecule has 158 valence electrons. The molecule has 0 radical (unpaired) electrons. The van der Waals surface area contributed by atoms with Gasteiger partial charge in [-0.2, -0.15) is 5.10 Å². The molecule has 1 aromatic heterocycles. The van der Waals surface area contributed by atoms with Gasteiger partial charge >= 0.3 is 0 Å². The number of halogens is 1. The number of rotatable bonds is 7. The Morgan fingerprint density at radius 3 is 2.50 bits per heavy atom. The summed E-state index contributed by atoms with van der Waals surface area (Å²) in [5.74, 6) is -0.00425. The van der Waals surface area contributed by atoms with Crippen LogP contribution in [0.5, 0.6) is 5.75 Å². The van der Waals surface area contributed by atoms with Gasteiger partial charge in [0.25, 0.3) is 0 Å². The molecule has 1 fully saturated rings. The SMILES string of the molecule is OC1CCN(CC(O)COc2cc(F)cc(-c3ccc(-c4ccn[nH]4)cc3)c2)CC1. The van der Waals surface area contributed by atoms with Crippen LogP contribution in [0, 0.1) is 5.82 Å². The maximum absolute atomic E-state index is 14.2. The minimum absolute atomic E-state index is 0.0840. The fourth-order valence-corrected chi connectivity index (χ4v) is 3.72. The Labute approximate surface area is 174 Å². The molecule has 3 N–H and O–H groups in total. The van der Waals surface area contributed by atoms with E-state index in [0.29, 0.717) is 17.9 Å². The third-order valence-corrected chi connectivity index (χ3v) is 5.37. The lowest BCUT2D eigenvalue weighted by atomic mass is 10.0. The van der Waals surface area contributed by atoms with E-state index in [-0.39, 0.29) is 18.5 Å². The molecule has 1 saturated heterocycles. The van der Waals surface area contributed by atoms with Crippen molar-refractivity contribution < 1.29 is 19.3 Å². The molecule has 6 nitrogen and oxygen atoms in total. The summed E-state index contributed by atoms with van der Waals surface area (Å²) in [4.78, 5) is 2.11. The van der Waals surface area contributed by atoms with Crippen LogP contribution in [0.2, 0.25) is 0 Å². The van der Waals surface area contributed by atoms with Crippen LogP contribution in [0.3, 0.4) is 0 Å². The Kier molecular flexibility index (Phi) is 6.42. The molecule has 7 heteroatoms. The lowest BCUT2D eigenvalue weighted by Crippen LogP contribution is -2.41. The minimum Gasteiger partial charge on any atom is -0.491 e. The molecule has 1 aliphatic heterocycles. The highest BCUT2D eigenvalue weighted by Crippen LogP contribution is 2.28. The van der Waals surface area contributed by atoms with E-state index in [4.69, 9.17) is 4.74 Å². The number of H-pyrrole nitrogens is 1. The van der Waals surface area contributed by atoms with Gasteiger partial charge in [0.1, 0.15) is 24.3 Å². The Morgan fingerprint density at radius 1 is 1.07 bits per heavy atom. The number of β-amino-alcohol motifs (C(OH)–C–C–N with tert-alkyl or cyclic N) is 1. The van der Waals surface area contributed by atoms with E-state index in [1.54, 1.807) is 12.3 Å². The molecule has 2 aromatic carbocycles. The van der Waals surface area contributed by atoms with Gasteiger partial charge < -0.3 is 19.8 Å². The highest BCUT2D eigenvalue weighted by atomic mass is 19.1. The number of aliphatic hydroxyl groups is 2. The highest BCUT2D eigenvalue weighted by Gasteiger charge is 2.19. The van der Waals surface area contributed by atoms with E-state index in [1.165, 1.54) is 12.1 Å². The lowest BCUT2D eigenvalue weighted by Gasteiger charge is -2.30. The largest absolute Gasteiger partial charge is 0.491 e. The summed E-state index contributed by atoms with van der Waals surface area (Å²) in [6.07, 6.45) is 2.22. The average molecular weight is 411 g/mol. The number of benzene rings is 2. The van der Waals surface area contributed by atoms with Crippen LogP contribution >= 0.6 is 0 Å². The zero-order valence-electron chi connectivity index (χ0n) is 16.7. The second-order valence-electron chi connectivity index (χ2n) is 7.72. The molecule has 1 aliphatic rings. The van der Waals surface area contributed by atoms with Gasteiger partial charge in [-0.1, -0.05) is 24.3 Å². The minimum atomic E-state index is -0.680. The van der Waals surface area contributed by atoms with Gasteiger partial charge in [0, 0.05) is 31.9 Å². The molecular weight excluding hydrogens is 385 g/mol. The summed E-state index contributed by atoms with van der Waals surface area (Å²) in [6, 6.07) is 14.2. The first kappa shape index (κ1) is 20.5. The summed E-state index contributed by atoms with van der Waals surface area (Å²) in [6.45, 7) is 2.08. The van der Waals surface area contributed by atoms with Gasteiger partial charge in [-0.25, -0.2) is 4.39 Å². The molecule has 0 spiro atoms. The summed E-state index contributed by atoms with van der Waals surface area (Å²) in [5, 5.41) is 26.7. The number of hydrogen-bond acceptors (Lipinski definition) is 5. The van der Waals surface area contributed by atoms with Crippen LogP contribution in [0.15, 0.2) is 54.7 Å². The molecule has 1 unspecified atom stereocenters. The standard InChI is InChI=1S/C23H26FN3O3/c24-19-11-18(16-1-3-17(4-2-16)23-5-8-25-26-23)12-22(13-19)30-15-21(29)14-27-9-6-20(28)7-10-27/h1-5,8,11-13,20-21,28-29H,6-7,9-10,14-15H2,(H,25,26). The zero-order valence-corrected chi connectivity index (χ0v) is 16.7. The van der Waals surface area contributed by atoms with Crippen LogP contribution in [0.4, 0.5) is 4.39 Å². The first-order chi connectivity index (χ1) is 14.6. The molecule has 0 bridgehead atoms. The van der Waals surface area contributed by atoms with Crippen LogP contribution in [0.25, 0.3) is 22.4 Å². The van der Waals surface area contributed by atoms with Crippen LogP contribution in [-0.4, -0.2) is 63.8 Å². The topological polar surface area (TPSA) is 81.6 Å². The average Bonchev–Trinajstić information content (AvgIpc) is 3.29. The third kappa shape index (κ3) is 5.24. The Balaban J connectivity index is 1.38. The second kappa shape index (κ2) is 9.38. The van der Waals surface area contributed by atoms with E-state index < -0.39 is 6.10 Å². The molecule has 0 amide bonds. The second-order valence-corrected chi connectivity index (χ2v) is 7.72. The number of aliphatic hydroxyl groups excluding tert-OH is 2. The first-order valence-corrected chi connectivity index (χ1v) is 10.2. The smallest absolute Gasteiger partial charge is 0.127 e. The molecule has 0 saturated carbocycles. The van der Waals surface area contributed by atoms with E-state index >= 15 is 0 Å². The molecular formula is C23H26FN3O3. The predicted molar refractivity (Wildman–Crippen MR) is 113 cm³/mol. The number of likely N-dealkylation sites (tertiary alicyclic amines) is 1. The molecule has 0 aliphatic carbocycles. The Bertz CT molecular complexity index is 939. The number of aromatic nitrogens is 2. The summed E-state index contributed by atoms with van der Waals surface area (Å²) in [7, 11) is 0. The van der Waals surface area contributed by atoms with Crippen molar-refractivity contribution >= 4 is 0 Å². The van der Waals surface area contributed by atoms with Crippen LogP contribution in [-0.2, 0) is 0 Å². The van der Waals surface area contributed by atoms with E-state index in [9.17, 15) is 14.6 Å². The van der Waals surface area contributed by atoms with Crippen LogP contribution < -0.4 is 4.74 Å². The Morgan fingerprint density at radius 2 is 1.80 bits per heavy atom. The Hall–Kier alpha value is -2.74. The van der Waals surface area contributed by atoms with E-state index in [1.807, 2.05) is 30.3 Å². The van der Waals surface area contributed by atoms with Crippen molar-refractivity contribution in [3.05, 3.63) is 60.5 Å². The fourth-order valence-electron chi connectivity index (χ4n) is 3.72. The third-order valence-electron chi connectivity index (χ3n) is 5.37. The summed E-state index contributed by atoms with van der Waals surface area (Å²) >= 11 is 0. The summed E-state index contributed by atoms with van der Waals surface area (Å²) < 4.78 is 19.8. The van der Waals surface area contributed by atoms with Gasteiger partial charge in [0.05, 0.1) is 11.8 Å². The van der Waals surface area contributed by atoms with Gasteiger partial charge in [0.2, 0.25) is 0 Å². The maximum Gasteiger partial charge on any atom is 0.127 e. The molecule has 2 heterocycles. The molecule has 4 rings (SSSR count). The summed E-state index contributed by atoms with van der Waals surface area (Å²) in [5.41, 5.74) is 3.50. The van der Waals surface area contributed by atoms with Gasteiger partial charge in [-0.05, 0) is 47.7 Å². The van der Waals surface area contributed by atoms with Crippen molar-refractivity contribution in [1.29, 1.82) is 0 Å². The molecule has 30 heavy (non-hydrogen) atoms. The molecule has 1 atom stereocenters. The zero-order chi connectivity index (χ0) is 20.9. The van der Waals surface area contributed by atoms with Crippen molar-refractivity contribution in [3.63, 3.8) is 0 Å². The van der Waals surface area contributed by atoms with Crippen molar-refractivity contribution in [3.8, 4) is 28.1 Å². The van der Waals surface area contributed by atoms with Crippen molar-refractivity contribution in [2.24, 2.45) is 0 Å². The number of nitrogens with zero attached hydrogens (tertiary/aromatic N) is 2. The molecule has 3 aromatic rings. The van der Waals surface area contributed by atoms with Gasteiger partial charge in [-0.15, -0.1) is 0 Å². The number of aromatic amines is 1. The first-order valence-electron chi connectivity index (χ1n) is 10.2. The normalized spacial score (nSPS) is 16.5. The van der Waals surface area contributed by atoms with Crippen LogP contribution in [0.1, 0.15) is 12.8 Å². The van der Waals surface area contributed by atoms with E-state index in [2.05, 4.69) is 15.1 Å². The number of nitrogens with one attached hydrogen (secondary N) is 1.